The first-order valence-electron chi connectivity index (χ1n) is 9.84. The van der Waals surface area contributed by atoms with Crippen LogP contribution in [0.4, 0.5) is 4.79 Å². The smallest absolute Gasteiger partial charge is 0.410 e. The van der Waals surface area contributed by atoms with Crippen LogP contribution in [0.3, 0.4) is 0 Å². The maximum Gasteiger partial charge on any atom is 0.410 e. The van der Waals surface area contributed by atoms with Gasteiger partial charge in [-0.15, -0.1) is 0 Å². The summed E-state index contributed by atoms with van der Waals surface area (Å²) in [6, 6.07) is 0.754. The Balaban J connectivity index is 1.49. The monoisotopic (exact) mass is 351 g/mol. The van der Waals surface area contributed by atoms with Gasteiger partial charge in [-0.25, -0.2) is 4.79 Å². The van der Waals surface area contributed by atoms with E-state index in [1.54, 1.807) is 4.90 Å². The van der Waals surface area contributed by atoms with Crippen molar-refractivity contribution in [2.24, 2.45) is 5.92 Å². The van der Waals surface area contributed by atoms with Crippen LogP contribution in [0.1, 0.15) is 52.9 Å². The second kappa shape index (κ2) is 7.52. The highest BCUT2D eigenvalue weighted by atomic mass is 16.6. The summed E-state index contributed by atoms with van der Waals surface area (Å²) in [6.45, 7) is 10.5. The van der Waals surface area contributed by atoms with Crippen molar-refractivity contribution in [1.29, 1.82) is 0 Å². The van der Waals surface area contributed by atoms with E-state index in [0.717, 1.165) is 45.1 Å². The fourth-order valence-corrected chi connectivity index (χ4v) is 3.99. The van der Waals surface area contributed by atoms with Gasteiger partial charge in [0.05, 0.1) is 5.92 Å². The van der Waals surface area contributed by atoms with E-state index in [-0.39, 0.29) is 17.9 Å². The van der Waals surface area contributed by atoms with Crippen LogP contribution < -0.4 is 0 Å². The maximum absolute atomic E-state index is 12.9. The van der Waals surface area contributed by atoms with E-state index >= 15 is 0 Å². The van der Waals surface area contributed by atoms with Gasteiger partial charge in [0.25, 0.3) is 0 Å². The van der Waals surface area contributed by atoms with Gasteiger partial charge in [-0.05, 0) is 46.5 Å². The average Bonchev–Trinajstić information content (AvgIpc) is 2.84. The van der Waals surface area contributed by atoms with Crippen LogP contribution in [0.5, 0.6) is 0 Å². The fourth-order valence-electron chi connectivity index (χ4n) is 3.99. The lowest BCUT2D eigenvalue weighted by molar-refractivity contribution is -0.135. The molecule has 2 amide bonds. The number of carbonyl (C=O) groups excluding carboxylic acids is 2. The number of hydrogen-bond acceptors (Lipinski definition) is 4. The predicted molar refractivity (Wildman–Crippen MR) is 96.3 cm³/mol. The highest BCUT2D eigenvalue weighted by molar-refractivity contribution is 5.80. The highest BCUT2D eigenvalue weighted by Crippen LogP contribution is 2.26. The van der Waals surface area contributed by atoms with E-state index in [0.29, 0.717) is 13.1 Å². The van der Waals surface area contributed by atoms with Gasteiger partial charge in [0.2, 0.25) is 5.91 Å². The SMILES string of the molecule is CC(C)(C)OC(=O)N1CCC(C(=O)N2CCCN(C3CCC3)CC2)C1. The summed E-state index contributed by atoms with van der Waals surface area (Å²) >= 11 is 0. The van der Waals surface area contributed by atoms with Gasteiger partial charge in [0.15, 0.2) is 0 Å². The van der Waals surface area contributed by atoms with E-state index in [9.17, 15) is 9.59 Å². The third-order valence-electron chi connectivity index (χ3n) is 5.62. The van der Waals surface area contributed by atoms with Crippen molar-refractivity contribution in [2.75, 3.05) is 39.3 Å². The second-order valence-corrected chi connectivity index (χ2v) is 8.71. The molecule has 3 rings (SSSR count). The number of hydrogen-bond donors (Lipinski definition) is 0. The first-order valence-corrected chi connectivity index (χ1v) is 9.84. The summed E-state index contributed by atoms with van der Waals surface area (Å²) in [4.78, 5) is 31.4. The first kappa shape index (κ1) is 18.5. The zero-order valence-electron chi connectivity index (χ0n) is 16.0. The van der Waals surface area contributed by atoms with Crippen molar-refractivity contribution >= 4 is 12.0 Å². The number of rotatable bonds is 2. The normalized spacial score (nSPS) is 26.3. The molecule has 2 aliphatic heterocycles. The number of ether oxygens (including phenoxy) is 1. The third-order valence-corrected chi connectivity index (χ3v) is 5.62. The molecule has 0 N–H and O–H groups in total. The zero-order valence-corrected chi connectivity index (χ0v) is 16.0. The maximum atomic E-state index is 12.9. The van der Waals surface area contributed by atoms with Crippen molar-refractivity contribution < 1.29 is 14.3 Å². The van der Waals surface area contributed by atoms with Crippen molar-refractivity contribution in [1.82, 2.24) is 14.7 Å². The van der Waals surface area contributed by atoms with Crippen molar-refractivity contribution in [3.05, 3.63) is 0 Å². The Kier molecular flexibility index (Phi) is 5.56. The molecule has 3 aliphatic rings. The standard InChI is InChI=1S/C19H33N3O3/c1-19(2,3)25-18(24)22-11-8-15(14-22)17(23)21-10-5-9-20(12-13-21)16-6-4-7-16/h15-16H,4-14H2,1-3H3. The molecule has 1 aliphatic carbocycles. The average molecular weight is 351 g/mol. The summed E-state index contributed by atoms with van der Waals surface area (Å²) in [6.07, 6.45) is 5.51. The quantitative estimate of drug-likeness (QED) is 0.766. The van der Waals surface area contributed by atoms with Crippen molar-refractivity contribution in [3.8, 4) is 0 Å². The molecule has 25 heavy (non-hydrogen) atoms. The molecule has 0 spiro atoms. The zero-order chi connectivity index (χ0) is 18.0. The molecule has 6 nitrogen and oxygen atoms in total. The third kappa shape index (κ3) is 4.66. The molecule has 2 saturated heterocycles. The van der Waals surface area contributed by atoms with Crippen LogP contribution >= 0.6 is 0 Å². The summed E-state index contributed by atoms with van der Waals surface area (Å²) in [7, 11) is 0. The number of carbonyl (C=O) groups is 2. The largest absolute Gasteiger partial charge is 0.444 e. The van der Waals surface area contributed by atoms with Crippen LogP contribution in [-0.2, 0) is 9.53 Å². The fraction of sp³-hybridized carbons (Fsp3) is 0.895. The van der Waals surface area contributed by atoms with E-state index < -0.39 is 5.60 Å². The summed E-state index contributed by atoms with van der Waals surface area (Å²) in [5, 5.41) is 0. The molecule has 142 valence electrons. The van der Waals surface area contributed by atoms with Gasteiger partial charge >= 0.3 is 6.09 Å². The predicted octanol–water partition coefficient (Wildman–Crippen LogP) is 2.33. The Bertz CT molecular complexity index is 499. The molecule has 0 aromatic rings. The lowest BCUT2D eigenvalue weighted by Gasteiger charge is -2.36. The van der Waals surface area contributed by atoms with Crippen LogP contribution in [0, 0.1) is 5.92 Å². The molecule has 1 unspecified atom stereocenters. The molecule has 6 heteroatoms. The molecule has 0 aromatic carbocycles. The topological polar surface area (TPSA) is 53.1 Å². The highest BCUT2D eigenvalue weighted by Gasteiger charge is 2.36. The molecular formula is C19H33N3O3. The lowest BCUT2D eigenvalue weighted by Crippen LogP contribution is -2.44. The van der Waals surface area contributed by atoms with Gasteiger partial charge in [-0.2, -0.15) is 0 Å². The van der Waals surface area contributed by atoms with Crippen molar-refractivity contribution in [3.63, 3.8) is 0 Å². The van der Waals surface area contributed by atoms with Gasteiger partial charge in [0, 0.05) is 45.3 Å². The molecule has 2 heterocycles. The molecule has 1 atom stereocenters. The Labute approximate surface area is 151 Å². The minimum Gasteiger partial charge on any atom is -0.444 e. The second-order valence-electron chi connectivity index (χ2n) is 8.71. The number of nitrogens with zero attached hydrogens (tertiary/aromatic N) is 3. The Morgan fingerprint density at radius 3 is 2.28 bits per heavy atom. The van der Waals surface area contributed by atoms with E-state index in [4.69, 9.17) is 4.74 Å². The minimum absolute atomic E-state index is 0.0669. The van der Waals surface area contributed by atoms with Crippen LogP contribution in [0.2, 0.25) is 0 Å². The van der Waals surface area contributed by atoms with Crippen LogP contribution in [0.25, 0.3) is 0 Å². The molecule has 0 bridgehead atoms. The summed E-state index contributed by atoms with van der Waals surface area (Å²) in [5.41, 5.74) is -0.491. The Hall–Kier alpha value is -1.30. The lowest BCUT2D eigenvalue weighted by atomic mass is 9.91. The molecule has 3 fully saturated rings. The van der Waals surface area contributed by atoms with Crippen molar-refractivity contribution in [2.45, 2.75) is 64.5 Å². The van der Waals surface area contributed by atoms with Gasteiger partial charge in [0.1, 0.15) is 5.60 Å². The van der Waals surface area contributed by atoms with Gasteiger partial charge < -0.3 is 14.5 Å². The van der Waals surface area contributed by atoms with E-state index in [1.807, 2.05) is 25.7 Å². The minimum atomic E-state index is -0.491. The Morgan fingerprint density at radius 2 is 1.64 bits per heavy atom. The Morgan fingerprint density at radius 1 is 0.880 bits per heavy atom. The number of likely N-dealkylation sites (tertiary alicyclic amines) is 1. The molecular weight excluding hydrogens is 318 g/mol. The van der Waals surface area contributed by atoms with Crippen LogP contribution in [-0.4, -0.2) is 77.6 Å². The molecule has 1 saturated carbocycles. The van der Waals surface area contributed by atoms with E-state index in [2.05, 4.69) is 4.90 Å². The molecule has 0 aromatic heterocycles. The van der Waals surface area contributed by atoms with Crippen LogP contribution in [0.15, 0.2) is 0 Å². The van der Waals surface area contributed by atoms with E-state index in [1.165, 1.54) is 19.3 Å². The van der Waals surface area contributed by atoms with Gasteiger partial charge in [-0.3, -0.25) is 9.69 Å². The first-order chi connectivity index (χ1) is 11.8. The molecule has 0 radical (unpaired) electrons. The van der Waals surface area contributed by atoms with Gasteiger partial charge in [-0.1, -0.05) is 6.42 Å². The number of amides is 2. The summed E-state index contributed by atoms with van der Waals surface area (Å²) < 4.78 is 5.43. The summed E-state index contributed by atoms with van der Waals surface area (Å²) in [5.74, 6) is 0.157.